The van der Waals surface area contributed by atoms with Gasteiger partial charge in [0.2, 0.25) is 5.90 Å². The lowest BCUT2D eigenvalue weighted by atomic mass is 10.1. The first kappa shape index (κ1) is 13.9. The first-order valence-corrected chi connectivity index (χ1v) is 6.61. The number of methoxy groups -OCH3 is 1. The Labute approximate surface area is 126 Å². The molecule has 0 fully saturated rings. The average Bonchev–Trinajstić information content (AvgIpc) is 3.00. The molecule has 2 aromatic carbocycles. The molecule has 0 amide bonds. The number of nitrogens with zero attached hydrogens (tertiary/aromatic N) is 3. The van der Waals surface area contributed by atoms with Crippen LogP contribution in [0.5, 0.6) is 0 Å². The van der Waals surface area contributed by atoms with Gasteiger partial charge in [0.05, 0.1) is 7.11 Å². The van der Waals surface area contributed by atoms with Crippen molar-refractivity contribution in [3.8, 4) is 16.9 Å². The van der Waals surface area contributed by atoms with E-state index >= 15 is 0 Å². The van der Waals surface area contributed by atoms with Crippen molar-refractivity contribution in [2.45, 2.75) is 0 Å². The van der Waals surface area contributed by atoms with Crippen LogP contribution in [-0.4, -0.2) is 28.0 Å². The Hall–Kier alpha value is -3.02. The van der Waals surface area contributed by atoms with Gasteiger partial charge in [0.15, 0.2) is 5.69 Å². The lowest BCUT2D eigenvalue weighted by Gasteiger charge is -2.09. The average molecular weight is 296 g/mol. The number of hydrogen-bond donors (Lipinski definition) is 1. The van der Waals surface area contributed by atoms with Crippen molar-refractivity contribution >= 4 is 5.90 Å². The third kappa shape index (κ3) is 2.35. The van der Waals surface area contributed by atoms with Gasteiger partial charge in [0.25, 0.3) is 0 Å². The summed E-state index contributed by atoms with van der Waals surface area (Å²) in [5, 5.41) is 15.8. The highest BCUT2D eigenvalue weighted by molar-refractivity contribution is 5.96. The first-order valence-electron chi connectivity index (χ1n) is 6.61. The van der Waals surface area contributed by atoms with Crippen LogP contribution in [-0.2, 0) is 4.74 Å². The number of halogens is 1. The topological polar surface area (TPSA) is 63.8 Å². The van der Waals surface area contributed by atoms with Crippen LogP contribution in [0.4, 0.5) is 4.39 Å². The second-order valence-corrected chi connectivity index (χ2v) is 4.55. The molecule has 0 bridgehead atoms. The molecule has 0 spiro atoms. The minimum Gasteiger partial charge on any atom is -0.480 e. The van der Waals surface area contributed by atoms with Gasteiger partial charge in [-0.25, -0.2) is 9.07 Å². The van der Waals surface area contributed by atoms with Crippen LogP contribution in [0, 0.1) is 11.2 Å². The highest BCUT2D eigenvalue weighted by atomic mass is 19.1. The molecule has 0 saturated heterocycles. The lowest BCUT2D eigenvalue weighted by molar-refractivity contribution is 0.399. The fourth-order valence-corrected chi connectivity index (χ4v) is 2.18. The van der Waals surface area contributed by atoms with E-state index in [1.165, 1.54) is 17.9 Å². The second-order valence-electron chi connectivity index (χ2n) is 4.55. The molecular formula is C16H13FN4O. The van der Waals surface area contributed by atoms with Gasteiger partial charge in [0.1, 0.15) is 17.2 Å². The summed E-state index contributed by atoms with van der Waals surface area (Å²) >= 11 is 0. The number of hydrogen-bond acceptors (Lipinski definition) is 4. The molecule has 3 rings (SSSR count). The van der Waals surface area contributed by atoms with E-state index in [2.05, 4.69) is 10.3 Å². The smallest absolute Gasteiger partial charge is 0.236 e. The Morgan fingerprint density at radius 3 is 2.45 bits per heavy atom. The van der Waals surface area contributed by atoms with E-state index in [9.17, 15) is 4.39 Å². The molecule has 1 heterocycles. The monoisotopic (exact) mass is 296 g/mol. The maximum Gasteiger partial charge on any atom is 0.236 e. The van der Waals surface area contributed by atoms with E-state index in [4.69, 9.17) is 10.1 Å². The van der Waals surface area contributed by atoms with Crippen LogP contribution in [0.3, 0.4) is 0 Å². The Morgan fingerprint density at radius 2 is 1.77 bits per heavy atom. The summed E-state index contributed by atoms with van der Waals surface area (Å²) in [7, 11) is 1.39. The zero-order valence-electron chi connectivity index (χ0n) is 11.8. The Morgan fingerprint density at radius 1 is 1.09 bits per heavy atom. The van der Waals surface area contributed by atoms with E-state index in [1.807, 2.05) is 30.3 Å². The summed E-state index contributed by atoms with van der Waals surface area (Å²) < 4.78 is 20.4. The molecule has 0 saturated carbocycles. The van der Waals surface area contributed by atoms with Crippen LogP contribution >= 0.6 is 0 Å². The Bertz CT molecular complexity index is 814. The predicted octanol–water partition coefficient (Wildman–Crippen LogP) is 3.05. The summed E-state index contributed by atoms with van der Waals surface area (Å²) in [5.41, 5.74) is 1.81. The van der Waals surface area contributed by atoms with Gasteiger partial charge in [-0.05, 0) is 12.1 Å². The molecule has 0 aliphatic carbocycles. The molecule has 0 aliphatic heterocycles. The third-order valence-corrected chi connectivity index (χ3v) is 3.22. The van der Waals surface area contributed by atoms with Crippen molar-refractivity contribution < 1.29 is 9.13 Å². The number of ether oxygens (including phenoxy) is 1. The van der Waals surface area contributed by atoms with Crippen LogP contribution in [0.2, 0.25) is 0 Å². The van der Waals surface area contributed by atoms with Crippen molar-refractivity contribution in [2.24, 2.45) is 0 Å². The first-order chi connectivity index (χ1) is 10.7. The van der Waals surface area contributed by atoms with Crippen molar-refractivity contribution in [3.05, 3.63) is 66.1 Å². The van der Waals surface area contributed by atoms with Gasteiger partial charge >= 0.3 is 0 Å². The van der Waals surface area contributed by atoms with E-state index in [0.29, 0.717) is 5.69 Å². The zero-order valence-corrected chi connectivity index (χ0v) is 11.8. The molecule has 0 atom stereocenters. The summed E-state index contributed by atoms with van der Waals surface area (Å²) in [6.45, 7) is 0. The molecule has 22 heavy (non-hydrogen) atoms. The van der Waals surface area contributed by atoms with Crippen LogP contribution in [0.15, 0.2) is 54.6 Å². The van der Waals surface area contributed by atoms with Gasteiger partial charge in [-0.15, -0.1) is 5.10 Å². The predicted molar refractivity (Wildman–Crippen MR) is 80.6 cm³/mol. The largest absolute Gasteiger partial charge is 0.480 e. The summed E-state index contributed by atoms with van der Waals surface area (Å²) in [4.78, 5) is 0. The van der Waals surface area contributed by atoms with Gasteiger partial charge in [-0.1, -0.05) is 47.7 Å². The summed E-state index contributed by atoms with van der Waals surface area (Å²) in [5.74, 6) is -0.540. The van der Waals surface area contributed by atoms with Crippen molar-refractivity contribution in [1.82, 2.24) is 15.0 Å². The summed E-state index contributed by atoms with van der Waals surface area (Å²) in [6.07, 6.45) is 0. The van der Waals surface area contributed by atoms with E-state index < -0.39 is 5.82 Å². The fourth-order valence-electron chi connectivity index (χ4n) is 2.18. The number of rotatable bonds is 3. The molecule has 1 aromatic heterocycles. The van der Waals surface area contributed by atoms with Gasteiger partial charge in [0, 0.05) is 5.56 Å². The molecule has 1 N–H and O–H groups in total. The van der Waals surface area contributed by atoms with E-state index in [1.54, 1.807) is 18.2 Å². The number of para-hydroxylation sites is 1. The standard InChI is InChI=1S/C16H13FN4O/c1-22-16(18)14-15(11-7-3-2-4-8-11)21(20-19-14)13-10-6-5-9-12(13)17/h2-10,18H,1H3. The van der Waals surface area contributed by atoms with Crippen LogP contribution in [0.1, 0.15) is 5.69 Å². The van der Waals surface area contributed by atoms with E-state index in [0.717, 1.165) is 5.56 Å². The number of nitrogens with one attached hydrogen (secondary N) is 1. The van der Waals surface area contributed by atoms with Gasteiger partial charge in [-0.2, -0.15) is 0 Å². The van der Waals surface area contributed by atoms with Crippen molar-refractivity contribution in [3.63, 3.8) is 0 Å². The molecule has 0 radical (unpaired) electrons. The van der Waals surface area contributed by atoms with Crippen molar-refractivity contribution in [2.75, 3.05) is 7.11 Å². The number of benzene rings is 2. The minimum absolute atomic E-state index is 0.124. The van der Waals surface area contributed by atoms with E-state index in [-0.39, 0.29) is 17.3 Å². The third-order valence-electron chi connectivity index (χ3n) is 3.22. The second kappa shape index (κ2) is 5.77. The fraction of sp³-hybridized carbons (Fsp3) is 0.0625. The maximum atomic E-state index is 14.1. The molecular weight excluding hydrogens is 283 g/mol. The SMILES string of the molecule is COC(=N)c1nnn(-c2ccccc2F)c1-c1ccccc1. The zero-order chi connectivity index (χ0) is 15.5. The summed E-state index contributed by atoms with van der Waals surface area (Å²) in [6, 6.07) is 15.6. The maximum absolute atomic E-state index is 14.1. The Balaban J connectivity index is 2.26. The number of aromatic nitrogens is 3. The molecule has 5 nitrogen and oxygen atoms in total. The molecule has 3 aromatic rings. The van der Waals surface area contributed by atoms with Gasteiger partial charge < -0.3 is 4.74 Å². The van der Waals surface area contributed by atoms with Crippen LogP contribution < -0.4 is 0 Å². The van der Waals surface area contributed by atoms with Crippen LogP contribution in [0.25, 0.3) is 16.9 Å². The normalized spacial score (nSPS) is 10.5. The Kier molecular flexibility index (Phi) is 3.65. The van der Waals surface area contributed by atoms with Crippen molar-refractivity contribution in [1.29, 1.82) is 5.41 Å². The molecule has 0 unspecified atom stereocenters. The highest BCUT2D eigenvalue weighted by Gasteiger charge is 2.21. The minimum atomic E-state index is -0.417. The highest BCUT2D eigenvalue weighted by Crippen LogP contribution is 2.26. The quantitative estimate of drug-likeness (QED) is 0.597. The molecule has 110 valence electrons. The molecule has 6 heteroatoms. The lowest BCUT2D eigenvalue weighted by Crippen LogP contribution is -2.06. The molecule has 0 aliphatic rings. The van der Waals surface area contributed by atoms with Gasteiger partial charge in [-0.3, -0.25) is 5.41 Å².